The molecule has 2 rings (SSSR count). The first-order valence-electron chi connectivity index (χ1n) is 8.15. The van der Waals surface area contributed by atoms with Crippen LogP contribution < -0.4 is 5.73 Å². The third kappa shape index (κ3) is 4.23. The summed E-state index contributed by atoms with van der Waals surface area (Å²) in [6, 6.07) is 6.09. The Labute approximate surface area is 128 Å². The molecule has 0 radical (unpaired) electrons. The maximum atomic E-state index is 12.9. The zero-order valence-electron chi connectivity index (χ0n) is 13.6. The fourth-order valence-electron chi connectivity index (χ4n) is 3.17. The Kier molecular flexibility index (Phi) is 5.27. The maximum absolute atomic E-state index is 12.9. The van der Waals surface area contributed by atoms with Crippen LogP contribution in [0.25, 0.3) is 0 Å². The van der Waals surface area contributed by atoms with E-state index in [-0.39, 0.29) is 5.91 Å². The second-order valence-electron chi connectivity index (χ2n) is 6.75. The summed E-state index contributed by atoms with van der Waals surface area (Å²) in [5, 5.41) is 0. The third-order valence-electron chi connectivity index (χ3n) is 4.32. The average molecular weight is 288 g/mol. The van der Waals surface area contributed by atoms with Crippen LogP contribution in [0.5, 0.6) is 0 Å². The van der Waals surface area contributed by atoms with Crippen molar-refractivity contribution in [2.75, 3.05) is 12.3 Å². The number of hydrogen-bond acceptors (Lipinski definition) is 2. The molecular weight excluding hydrogens is 260 g/mol. The Morgan fingerprint density at radius 2 is 1.95 bits per heavy atom. The Balaban J connectivity index is 2.19. The van der Waals surface area contributed by atoms with Crippen LogP contribution in [0, 0.1) is 12.8 Å². The monoisotopic (exact) mass is 288 g/mol. The number of amides is 1. The molecule has 0 aliphatic heterocycles. The maximum Gasteiger partial charge on any atom is 0.254 e. The minimum Gasteiger partial charge on any atom is -0.399 e. The Morgan fingerprint density at radius 3 is 2.52 bits per heavy atom. The Morgan fingerprint density at radius 1 is 1.29 bits per heavy atom. The predicted octanol–water partition coefficient (Wildman–Crippen LogP) is 4.01. The van der Waals surface area contributed by atoms with E-state index in [1.54, 1.807) is 0 Å². The van der Waals surface area contributed by atoms with E-state index in [9.17, 15) is 4.79 Å². The van der Waals surface area contributed by atoms with Gasteiger partial charge in [-0.15, -0.1) is 0 Å². The lowest BCUT2D eigenvalue weighted by atomic mass is 10.1. The van der Waals surface area contributed by atoms with Crippen LogP contribution in [0.1, 0.15) is 61.9 Å². The van der Waals surface area contributed by atoms with Crippen LogP contribution in [-0.2, 0) is 0 Å². The molecule has 3 heteroatoms. The summed E-state index contributed by atoms with van der Waals surface area (Å²) >= 11 is 0. The molecule has 2 N–H and O–H groups in total. The van der Waals surface area contributed by atoms with Crippen molar-refractivity contribution >= 4 is 11.6 Å². The number of aryl methyl sites for hydroxylation is 1. The van der Waals surface area contributed by atoms with Crippen molar-refractivity contribution in [1.29, 1.82) is 0 Å². The van der Waals surface area contributed by atoms with E-state index >= 15 is 0 Å². The van der Waals surface area contributed by atoms with Gasteiger partial charge in [0.15, 0.2) is 0 Å². The number of anilines is 1. The van der Waals surface area contributed by atoms with Gasteiger partial charge in [-0.05, 0) is 55.9 Å². The van der Waals surface area contributed by atoms with E-state index in [2.05, 4.69) is 18.7 Å². The zero-order valence-corrected chi connectivity index (χ0v) is 13.6. The van der Waals surface area contributed by atoms with Gasteiger partial charge in [-0.2, -0.15) is 0 Å². The number of nitrogen functional groups attached to an aromatic ring is 1. The highest BCUT2D eigenvalue weighted by molar-refractivity contribution is 5.95. The first kappa shape index (κ1) is 15.9. The molecular formula is C18H28N2O. The molecule has 1 aliphatic carbocycles. The van der Waals surface area contributed by atoms with Crippen LogP contribution in [-0.4, -0.2) is 23.4 Å². The van der Waals surface area contributed by atoms with Crippen LogP contribution in [0.2, 0.25) is 0 Å². The predicted molar refractivity (Wildman–Crippen MR) is 88.3 cm³/mol. The largest absolute Gasteiger partial charge is 0.399 e. The number of rotatable bonds is 5. The van der Waals surface area contributed by atoms with Crippen molar-refractivity contribution in [2.24, 2.45) is 5.92 Å². The fourth-order valence-corrected chi connectivity index (χ4v) is 3.17. The summed E-state index contributed by atoms with van der Waals surface area (Å²) in [4.78, 5) is 15.0. The molecule has 0 aromatic heterocycles. The van der Waals surface area contributed by atoms with Gasteiger partial charge in [-0.3, -0.25) is 4.79 Å². The third-order valence-corrected chi connectivity index (χ3v) is 4.32. The van der Waals surface area contributed by atoms with Crippen LogP contribution in [0.4, 0.5) is 5.69 Å². The van der Waals surface area contributed by atoms with E-state index in [0.29, 0.717) is 17.6 Å². The normalized spacial score (nSPS) is 15.6. The Hall–Kier alpha value is -1.51. The van der Waals surface area contributed by atoms with Crippen molar-refractivity contribution in [1.82, 2.24) is 4.90 Å². The molecule has 0 bridgehead atoms. The molecule has 1 aromatic carbocycles. The summed E-state index contributed by atoms with van der Waals surface area (Å²) in [7, 11) is 0. The summed E-state index contributed by atoms with van der Waals surface area (Å²) in [5.41, 5.74) is 8.37. The number of hydrogen-bond donors (Lipinski definition) is 1. The molecule has 1 amide bonds. The van der Waals surface area contributed by atoms with Crippen molar-refractivity contribution < 1.29 is 4.79 Å². The molecule has 0 spiro atoms. The fraction of sp³-hybridized carbons (Fsp3) is 0.611. The molecule has 1 aliphatic rings. The molecule has 0 atom stereocenters. The van der Waals surface area contributed by atoms with Gasteiger partial charge in [0, 0.05) is 23.8 Å². The minimum atomic E-state index is 0.151. The molecule has 21 heavy (non-hydrogen) atoms. The second-order valence-corrected chi connectivity index (χ2v) is 6.75. The summed E-state index contributed by atoms with van der Waals surface area (Å²) < 4.78 is 0. The SMILES string of the molecule is Cc1cc(N)cc(C(=O)N(CCC(C)C)C2CCCC2)c1. The van der Waals surface area contributed by atoms with E-state index in [1.807, 2.05) is 25.1 Å². The Bertz CT molecular complexity index is 470. The molecule has 0 unspecified atom stereocenters. The van der Waals surface area contributed by atoms with E-state index in [4.69, 9.17) is 5.73 Å². The van der Waals surface area contributed by atoms with Gasteiger partial charge in [0.05, 0.1) is 0 Å². The van der Waals surface area contributed by atoms with Gasteiger partial charge in [0.1, 0.15) is 0 Å². The van der Waals surface area contributed by atoms with Crippen molar-refractivity contribution in [3.8, 4) is 0 Å². The van der Waals surface area contributed by atoms with Gasteiger partial charge >= 0.3 is 0 Å². The minimum absolute atomic E-state index is 0.151. The van der Waals surface area contributed by atoms with Crippen molar-refractivity contribution in [3.63, 3.8) is 0 Å². The van der Waals surface area contributed by atoms with E-state index in [1.165, 1.54) is 12.8 Å². The van der Waals surface area contributed by atoms with Crippen LogP contribution in [0.3, 0.4) is 0 Å². The highest BCUT2D eigenvalue weighted by atomic mass is 16.2. The zero-order chi connectivity index (χ0) is 15.4. The molecule has 116 valence electrons. The quantitative estimate of drug-likeness (QED) is 0.832. The number of benzene rings is 1. The number of carbonyl (C=O) groups excluding carboxylic acids is 1. The first-order chi connectivity index (χ1) is 9.97. The van der Waals surface area contributed by atoms with Crippen LogP contribution in [0.15, 0.2) is 18.2 Å². The summed E-state index contributed by atoms with van der Waals surface area (Å²) in [6.45, 7) is 7.26. The van der Waals surface area contributed by atoms with E-state index < -0.39 is 0 Å². The number of nitrogens with two attached hydrogens (primary N) is 1. The number of nitrogens with zero attached hydrogens (tertiary/aromatic N) is 1. The topological polar surface area (TPSA) is 46.3 Å². The molecule has 1 saturated carbocycles. The molecule has 1 fully saturated rings. The smallest absolute Gasteiger partial charge is 0.254 e. The van der Waals surface area contributed by atoms with Crippen molar-refractivity contribution in [3.05, 3.63) is 29.3 Å². The van der Waals surface area contributed by atoms with Crippen LogP contribution >= 0.6 is 0 Å². The highest BCUT2D eigenvalue weighted by Gasteiger charge is 2.27. The van der Waals surface area contributed by atoms with Gasteiger partial charge < -0.3 is 10.6 Å². The highest BCUT2D eigenvalue weighted by Crippen LogP contribution is 2.26. The lowest BCUT2D eigenvalue weighted by Gasteiger charge is -2.30. The molecule has 0 heterocycles. The standard InChI is InChI=1S/C18H28N2O/c1-13(2)8-9-20(17-6-4-5-7-17)18(21)15-10-14(3)11-16(19)12-15/h10-13,17H,4-9,19H2,1-3H3. The first-order valence-corrected chi connectivity index (χ1v) is 8.15. The van der Waals surface area contributed by atoms with Crippen molar-refractivity contribution in [2.45, 2.75) is 58.9 Å². The van der Waals surface area contributed by atoms with Gasteiger partial charge in [-0.1, -0.05) is 26.7 Å². The molecule has 1 aromatic rings. The molecule has 0 saturated heterocycles. The van der Waals surface area contributed by atoms with Gasteiger partial charge in [-0.25, -0.2) is 0 Å². The van der Waals surface area contributed by atoms with Gasteiger partial charge in [0.25, 0.3) is 5.91 Å². The molecule has 3 nitrogen and oxygen atoms in total. The van der Waals surface area contributed by atoms with Gasteiger partial charge in [0.2, 0.25) is 0 Å². The lowest BCUT2D eigenvalue weighted by Crippen LogP contribution is -2.40. The lowest BCUT2D eigenvalue weighted by molar-refractivity contribution is 0.0672. The van der Waals surface area contributed by atoms with E-state index in [0.717, 1.165) is 36.9 Å². The summed E-state index contributed by atoms with van der Waals surface area (Å²) in [5.74, 6) is 0.766. The summed E-state index contributed by atoms with van der Waals surface area (Å²) in [6.07, 6.45) is 5.83. The second kappa shape index (κ2) is 6.97. The number of carbonyl (C=O) groups is 1. The average Bonchev–Trinajstić information content (AvgIpc) is 2.91.